The first-order valence-electron chi connectivity index (χ1n) is 7.48. The Morgan fingerprint density at radius 3 is 2.10 bits per heavy atom. The fourth-order valence-corrected chi connectivity index (χ4v) is 2.61. The first kappa shape index (κ1) is 15.6. The van der Waals surface area contributed by atoms with E-state index in [2.05, 4.69) is 57.3 Å². The van der Waals surface area contributed by atoms with Gasteiger partial charge in [0.15, 0.2) is 0 Å². The number of hydrogen-bond donors (Lipinski definition) is 1. The van der Waals surface area contributed by atoms with Gasteiger partial charge in [0.05, 0.1) is 0 Å². The summed E-state index contributed by atoms with van der Waals surface area (Å²) >= 11 is 0. The number of nitrogens with one attached hydrogen (secondary N) is 1. The van der Waals surface area contributed by atoms with Crippen LogP contribution in [0.15, 0.2) is 36.4 Å². The third-order valence-corrected chi connectivity index (χ3v) is 4.04. The second kappa shape index (κ2) is 6.77. The van der Waals surface area contributed by atoms with Crippen LogP contribution in [0.3, 0.4) is 0 Å². The molecule has 0 saturated carbocycles. The lowest BCUT2D eigenvalue weighted by Crippen LogP contribution is -2.11. The van der Waals surface area contributed by atoms with E-state index in [1.54, 1.807) is 0 Å². The minimum atomic E-state index is 0.362. The Balaban J connectivity index is 2.07. The molecule has 0 saturated heterocycles. The summed E-state index contributed by atoms with van der Waals surface area (Å²) in [6, 6.07) is 13.1. The van der Waals surface area contributed by atoms with Gasteiger partial charge in [-0.3, -0.25) is 0 Å². The topological polar surface area (TPSA) is 21.3 Å². The third kappa shape index (κ3) is 3.85. The Morgan fingerprint density at radius 1 is 1.00 bits per heavy atom. The molecule has 0 radical (unpaired) electrons. The van der Waals surface area contributed by atoms with Gasteiger partial charge in [-0.1, -0.05) is 29.8 Å². The van der Waals surface area contributed by atoms with Crippen molar-refractivity contribution in [1.29, 1.82) is 0 Å². The first-order chi connectivity index (χ1) is 10.0. The average molecular weight is 283 g/mol. The molecule has 21 heavy (non-hydrogen) atoms. The van der Waals surface area contributed by atoms with Crippen LogP contribution in [-0.4, -0.2) is 7.05 Å². The summed E-state index contributed by atoms with van der Waals surface area (Å²) in [5, 5.41) is 3.24. The summed E-state index contributed by atoms with van der Waals surface area (Å²) in [5.74, 6) is 0.918. The largest absolute Gasteiger partial charge is 0.489 e. The molecule has 112 valence electrons. The highest BCUT2D eigenvalue weighted by Gasteiger charge is 2.06. The molecule has 0 aliphatic rings. The molecule has 2 aromatic rings. The molecule has 0 amide bonds. The Morgan fingerprint density at radius 2 is 1.57 bits per heavy atom. The Hall–Kier alpha value is -1.80. The minimum absolute atomic E-state index is 0.362. The van der Waals surface area contributed by atoms with Crippen LogP contribution in [-0.2, 0) is 6.61 Å². The van der Waals surface area contributed by atoms with E-state index >= 15 is 0 Å². The van der Waals surface area contributed by atoms with Gasteiger partial charge in [0.2, 0.25) is 0 Å². The van der Waals surface area contributed by atoms with Crippen molar-refractivity contribution in [1.82, 2.24) is 5.32 Å². The van der Waals surface area contributed by atoms with Crippen LogP contribution in [0.2, 0.25) is 0 Å². The fraction of sp³-hybridized carbons (Fsp3) is 0.368. The van der Waals surface area contributed by atoms with Gasteiger partial charge in [0.1, 0.15) is 12.4 Å². The monoisotopic (exact) mass is 283 g/mol. The van der Waals surface area contributed by atoms with Crippen LogP contribution in [0.4, 0.5) is 0 Å². The van der Waals surface area contributed by atoms with E-state index in [1.807, 2.05) is 19.2 Å². The molecule has 1 N–H and O–H groups in total. The number of hydrogen-bond acceptors (Lipinski definition) is 2. The van der Waals surface area contributed by atoms with Gasteiger partial charge < -0.3 is 10.1 Å². The fourth-order valence-electron chi connectivity index (χ4n) is 2.61. The molecule has 2 rings (SSSR count). The van der Waals surface area contributed by atoms with Gasteiger partial charge in [-0.2, -0.15) is 0 Å². The van der Waals surface area contributed by atoms with E-state index in [0.717, 1.165) is 5.75 Å². The maximum absolute atomic E-state index is 5.94. The van der Waals surface area contributed by atoms with Crippen molar-refractivity contribution in [3.63, 3.8) is 0 Å². The van der Waals surface area contributed by atoms with E-state index in [4.69, 9.17) is 4.74 Å². The van der Waals surface area contributed by atoms with Gasteiger partial charge in [-0.15, -0.1) is 0 Å². The predicted octanol–water partition coefficient (Wildman–Crippen LogP) is 4.47. The standard InChI is InChI=1S/C19H25NO/c1-13-10-14(2)19(15(3)11-13)12-21-18-8-6-17(7-9-18)16(4)20-5/h6-11,16,20H,12H2,1-5H3. The van der Waals surface area contributed by atoms with Crippen molar-refractivity contribution in [3.05, 3.63) is 64.2 Å². The van der Waals surface area contributed by atoms with Gasteiger partial charge in [0.25, 0.3) is 0 Å². The normalized spacial score (nSPS) is 12.2. The molecule has 2 aromatic carbocycles. The minimum Gasteiger partial charge on any atom is -0.489 e. The maximum atomic E-state index is 5.94. The van der Waals surface area contributed by atoms with Crippen LogP contribution >= 0.6 is 0 Å². The molecule has 2 nitrogen and oxygen atoms in total. The van der Waals surface area contributed by atoms with Gasteiger partial charge in [-0.25, -0.2) is 0 Å². The Bertz CT molecular complexity index is 578. The molecular weight excluding hydrogens is 258 g/mol. The molecule has 2 heteroatoms. The molecule has 0 aliphatic carbocycles. The zero-order valence-corrected chi connectivity index (χ0v) is 13.7. The zero-order chi connectivity index (χ0) is 15.4. The summed E-state index contributed by atoms with van der Waals surface area (Å²) < 4.78 is 5.94. The highest BCUT2D eigenvalue weighted by molar-refractivity contribution is 5.37. The van der Waals surface area contributed by atoms with Crippen LogP contribution in [0.25, 0.3) is 0 Å². The zero-order valence-electron chi connectivity index (χ0n) is 13.7. The first-order valence-corrected chi connectivity index (χ1v) is 7.48. The van der Waals surface area contributed by atoms with Gasteiger partial charge in [0, 0.05) is 6.04 Å². The van der Waals surface area contributed by atoms with Crippen LogP contribution in [0.1, 0.15) is 40.8 Å². The smallest absolute Gasteiger partial charge is 0.119 e. The number of ether oxygens (including phenoxy) is 1. The van der Waals surface area contributed by atoms with Crippen molar-refractivity contribution >= 4 is 0 Å². The van der Waals surface area contributed by atoms with Crippen molar-refractivity contribution in [2.75, 3.05) is 7.05 Å². The third-order valence-electron chi connectivity index (χ3n) is 4.04. The molecule has 0 fully saturated rings. The molecular formula is C19H25NO. The Labute approximate surface area is 128 Å². The lowest BCUT2D eigenvalue weighted by atomic mass is 10.0. The Kier molecular flexibility index (Phi) is 5.03. The molecule has 0 heterocycles. The SMILES string of the molecule is CNC(C)c1ccc(OCc2c(C)cc(C)cc2C)cc1. The highest BCUT2D eigenvalue weighted by Crippen LogP contribution is 2.21. The lowest BCUT2D eigenvalue weighted by Gasteiger charge is -2.14. The summed E-state index contributed by atoms with van der Waals surface area (Å²) in [6.45, 7) is 9.20. The van der Waals surface area contributed by atoms with Gasteiger partial charge >= 0.3 is 0 Å². The molecule has 0 aliphatic heterocycles. The van der Waals surface area contributed by atoms with Crippen molar-refractivity contribution in [2.24, 2.45) is 0 Å². The number of aryl methyl sites for hydroxylation is 3. The van der Waals surface area contributed by atoms with Gasteiger partial charge in [-0.05, 0) is 69.1 Å². The highest BCUT2D eigenvalue weighted by atomic mass is 16.5. The predicted molar refractivity (Wildman–Crippen MR) is 88.9 cm³/mol. The second-order valence-corrected chi connectivity index (χ2v) is 5.75. The molecule has 0 bridgehead atoms. The summed E-state index contributed by atoms with van der Waals surface area (Å²) in [6.07, 6.45) is 0. The summed E-state index contributed by atoms with van der Waals surface area (Å²) in [7, 11) is 1.97. The molecule has 0 aromatic heterocycles. The maximum Gasteiger partial charge on any atom is 0.119 e. The molecule has 0 spiro atoms. The molecule has 1 unspecified atom stereocenters. The average Bonchev–Trinajstić information content (AvgIpc) is 2.46. The summed E-state index contributed by atoms with van der Waals surface area (Å²) in [4.78, 5) is 0. The quantitative estimate of drug-likeness (QED) is 0.874. The van der Waals surface area contributed by atoms with Crippen LogP contribution in [0, 0.1) is 20.8 Å². The van der Waals surface area contributed by atoms with Crippen LogP contribution < -0.4 is 10.1 Å². The van der Waals surface area contributed by atoms with Crippen LogP contribution in [0.5, 0.6) is 5.75 Å². The van der Waals surface area contributed by atoms with Crippen molar-refractivity contribution in [3.8, 4) is 5.75 Å². The van der Waals surface area contributed by atoms with E-state index in [9.17, 15) is 0 Å². The van der Waals surface area contributed by atoms with E-state index in [-0.39, 0.29) is 0 Å². The van der Waals surface area contributed by atoms with Crippen molar-refractivity contribution < 1.29 is 4.74 Å². The second-order valence-electron chi connectivity index (χ2n) is 5.75. The van der Waals surface area contributed by atoms with E-state index in [1.165, 1.54) is 27.8 Å². The van der Waals surface area contributed by atoms with E-state index < -0.39 is 0 Å². The lowest BCUT2D eigenvalue weighted by molar-refractivity contribution is 0.304. The summed E-state index contributed by atoms with van der Waals surface area (Å²) in [5.41, 5.74) is 6.46. The molecule has 1 atom stereocenters. The number of benzene rings is 2. The van der Waals surface area contributed by atoms with E-state index in [0.29, 0.717) is 12.6 Å². The number of rotatable bonds is 5. The van der Waals surface area contributed by atoms with Crippen molar-refractivity contribution in [2.45, 2.75) is 40.3 Å².